The van der Waals surface area contributed by atoms with E-state index in [0.717, 1.165) is 22.9 Å². The van der Waals surface area contributed by atoms with Crippen LogP contribution in [-0.4, -0.2) is 50.0 Å². The summed E-state index contributed by atoms with van der Waals surface area (Å²) >= 11 is 9.01. The first-order valence-corrected chi connectivity index (χ1v) is 13.7. The topological polar surface area (TPSA) is 86.8 Å². The van der Waals surface area contributed by atoms with Gasteiger partial charge in [0.2, 0.25) is 21.8 Å². The van der Waals surface area contributed by atoms with E-state index in [1.807, 2.05) is 0 Å². The summed E-state index contributed by atoms with van der Waals surface area (Å²) in [6, 6.07) is 8.31. The molecule has 0 saturated heterocycles. The molecule has 2 rings (SSSR count). The minimum Gasteiger partial charge on any atom is -0.352 e. The molecule has 2 aromatic carbocycles. The minimum absolute atomic E-state index is 0.0447. The SMILES string of the molecule is CC(C)NC(=O)C(C)N(Cc1cccc(Br)c1)C(=O)CN(c1ccc(Cl)c(C(F)(F)F)c1)S(C)(=O)=O. The summed E-state index contributed by atoms with van der Waals surface area (Å²) in [7, 11) is -4.20. The van der Waals surface area contributed by atoms with E-state index in [1.165, 1.54) is 11.8 Å². The van der Waals surface area contributed by atoms with Gasteiger partial charge in [-0.05, 0) is 56.7 Å². The third-order valence-corrected chi connectivity index (χ3v) is 7.03. The van der Waals surface area contributed by atoms with E-state index >= 15 is 0 Å². The third kappa shape index (κ3) is 8.10. The van der Waals surface area contributed by atoms with Crippen molar-refractivity contribution in [1.29, 1.82) is 0 Å². The first-order valence-electron chi connectivity index (χ1n) is 10.7. The van der Waals surface area contributed by atoms with Gasteiger partial charge in [-0.2, -0.15) is 13.2 Å². The highest BCUT2D eigenvalue weighted by Crippen LogP contribution is 2.37. The van der Waals surface area contributed by atoms with Crippen LogP contribution in [0.5, 0.6) is 0 Å². The van der Waals surface area contributed by atoms with Crippen LogP contribution in [0.1, 0.15) is 31.9 Å². The second-order valence-electron chi connectivity index (χ2n) is 8.42. The Morgan fingerprint density at radius 3 is 2.28 bits per heavy atom. The lowest BCUT2D eigenvalue weighted by molar-refractivity contribution is -0.139. The Kier molecular flexibility index (Phi) is 9.83. The number of amides is 2. The quantitative estimate of drug-likeness (QED) is 0.440. The number of anilines is 1. The molecule has 2 aromatic rings. The Labute approximate surface area is 221 Å². The van der Waals surface area contributed by atoms with Gasteiger partial charge in [0, 0.05) is 17.1 Å². The summed E-state index contributed by atoms with van der Waals surface area (Å²) in [5.74, 6) is -1.25. The minimum atomic E-state index is -4.84. The number of hydrogen-bond donors (Lipinski definition) is 1. The molecule has 1 N–H and O–H groups in total. The molecule has 13 heteroatoms. The lowest BCUT2D eigenvalue weighted by Gasteiger charge is -2.32. The number of hydrogen-bond acceptors (Lipinski definition) is 4. The maximum absolute atomic E-state index is 13.4. The largest absolute Gasteiger partial charge is 0.417 e. The molecular formula is C23H26BrClF3N3O4S. The van der Waals surface area contributed by atoms with Gasteiger partial charge in [0.1, 0.15) is 12.6 Å². The Hall–Kier alpha value is -2.31. The predicted molar refractivity (Wildman–Crippen MR) is 136 cm³/mol. The Morgan fingerprint density at radius 2 is 1.75 bits per heavy atom. The van der Waals surface area contributed by atoms with Gasteiger partial charge in [-0.15, -0.1) is 0 Å². The van der Waals surface area contributed by atoms with Crippen LogP contribution >= 0.6 is 27.5 Å². The van der Waals surface area contributed by atoms with E-state index in [9.17, 15) is 31.2 Å². The van der Waals surface area contributed by atoms with Crippen LogP contribution in [0.2, 0.25) is 5.02 Å². The molecule has 36 heavy (non-hydrogen) atoms. The summed E-state index contributed by atoms with van der Waals surface area (Å²) < 4.78 is 66.5. The summed E-state index contributed by atoms with van der Waals surface area (Å²) in [5, 5.41) is 2.10. The second kappa shape index (κ2) is 11.8. The Bertz CT molecular complexity index is 1230. The molecule has 0 bridgehead atoms. The van der Waals surface area contributed by atoms with Crippen LogP contribution in [0.4, 0.5) is 18.9 Å². The lowest BCUT2D eigenvalue weighted by atomic mass is 10.1. The van der Waals surface area contributed by atoms with Crippen molar-refractivity contribution in [2.24, 2.45) is 0 Å². The smallest absolute Gasteiger partial charge is 0.352 e. The highest BCUT2D eigenvalue weighted by Gasteiger charge is 2.35. The van der Waals surface area contributed by atoms with Crippen LogP contribution in [0, 0.1) is 0 Å². The van der Waals surface area contributed by atoms with E-state index < -0.39 is 51.2 Å². The van der Waals surface area contributed by atoms with Crippen molar-refractivity contribution in [1.82, 2.24) is 10.2 Å². The van der Waals surface area contributed by atoms with Gasteiger partial charge in [-0.1, -0.05) is 39.7 Å². The molecule has 2 amide bonds. The summed E-state index contributed by atoms with van der Waals surface area (Å²) in [6.07, 6.45) is -4.06. The van der Waals surface area contributed by atoms with Crippen LogP contribution < -0.4 is 9.62 Å². The number of sulfonamides is 1. The van der Waals surface area contributed by atoms with Crippen molar-refractivity contribution < 1.29 is 31.2 Å². The zero-order valence-corrected chi connectivity index (χ0v) is 23.1. The normalized spacial score (nSPS) is 12.8. The molecule has 0 aromatic heterocycles. The van der Waals surface area contributed by atoms with Gasteiger partial charge in [-0.3, -0.25) is 13.9 Å². The zero-order valence-electron chi connectivity index (χ0n) is 19.9. The Morgan fingerprint density at radius 1 is 1.11 bits per heavy atom. The average molecular weight is 613 g/mol. The number of rotatable bonds is 9. The van der Waals surface area contributed by atoms with E-state index in [4.69, 9.17) is 11.6 Å². The molecular weight excluding hydrogens is 587 g/mol. The van der Waals surface area contributed by atoms with Crippen LogP contribution in [0.25, 0.3) is 0 Å². The molecule has 0 saturated carbocycles. The number of benzene rings is 2. The molecule has 0 heterocycles. The van der Waals surface area contributed by atoms with Gasteiger partial charge in [0.05, 0.1) is 22.5 Å². The maximum atomic E-state index is 13.4. The highest BCUT2D eigenvalue weighted by atomic mass is 79.9. The molecule has 0 fully saturated rings. The number of carbonyl (C=O) groups excluding carboxylic acids is 2. The van der Waals surface area contributed by atoms with E-state index in [0.29, 0.717) is 15.9 Å². The van der Waals surface area contributed by atoms with Crippen molar-refractivity contribution in [2.45, 2.75) is 45.6 Å². The van der Waals surface area contributed by atoms with E-state index in [-0.39, 0.29) is 18.3 Å². The third-order valence-electron chi connectivity index (χ3n) is 5.06. The molecule has 1 unspecified atom stereocenters. The van der Waals surface area contributed by atoms with Crippen molar-refractivity contribution in [2.75, 3.05) is 17.1 Å². The summed E-state index contributed by atoms with van der Waals surface area (Å²) in [5.41, 5.74) is -0.971. The molecule has 0 aliphatic rings. The van der Waals surface area contributed by atoms with Crippen LogP contribution in [0.15, 0.2) is 46.9 Å². The van der Waals surface area contributed by atoms with Crippen molar-refractivity contribution >= 4 is 55.1 Å². The molecule has 198 valence electrons. The number of nitrogens with zero attached hydrogens (tertiary/aromatic N) is 2. The first kappa shape index (κ1) is 29.9. The Balaban J connectivity index is 2.48. The summed E-state index contributed by atoms with van der Waals surface area (Å²) in [4.78, 5) is 27.3. The fraction of sp³-hybridized carbons (Fsp3) is 0.391. The van der Waals surface area contributed by atoms with Crippen LogP contribution in [0.3, 0.4) is 0 Å². The van der Waals surface area contributed by atoms with Crippen molar-refractivity contribution in [3.63, 3.8) is 0 Å². The summed E-state index contributed by atoms with van der Waals surface area (Å²) in [6.45, 7) is 4.11. The standard InChI is InChI=1S/C23H26BrClF3N3O4S/c1-14(2)29-22(33)15(3)30(12-16-6-5-7-17(24)10-16)21(32)13-31(36(4,34)35)18-8-9-20(25)19(11-18)23(26,27)28/h5-11,14-15H,12-13H2,1-4H3,(H,29,33). The zero-order chi connectivity index (χ0) is 27.4. The number of alkyl halides is 3. The monoisotopic (exact) mass is 611 g/mol. The number of halogens is 5. The van der Waals surface area contributed by atoms with Gasteiger partial charge in [0.25, 0.3) is 0 Å². The van der Waals surface area contributed by atoms with Crippen molar-refractivity contribution in [3.05, 3.63) is 63.1 Å². The second-order valence-corrected chi connectivity index (χ2v) is 11.7. The molecule has 0 aliphatic heterocycles. The molecule has 0 aliphatic carbocycles. The fourth-order valence-electron chi connectivity index (χ4n) is 3.32. The fourth-order valence-corrected chi connectivity index (χ4v) is 4.83. The highest BCUT2D eigenvalue weighted by molar-refractivity contribution is 9.10. The number of nitrogens with one attached hydrogen (secondary N) is 1. The van der Waals surface area contributed by atoms with Gasteiger partial charge in [-0.25, -0.2) is 8.42 Å². The maximum Gasteiger partial charge on any atom is 0.417 e. The predicted octanol–water partition coefficient (Wildman–Crippen LogP) is 4.83. The first-order chi connectivity index (χ1) is 16.5. The number of carbonyl (C=O) groups is 2. The van der Waals surface area contributed by atoms with Crippen LogP contribution in [-0.2, 0) is 32.3 Å². The van der Waals surface area contributed by atoms with Gasteiger partial charge in [0.15, 0.2) is 0 Å². The van der Waals surface area contributed by atoms with Crippen molar-refractivity contribution in [3.8, 4) is 0 Å². The lowest BCUT2D eigenvalue weighted by Crippen LogP contribution is -2.52. The van der Waals surface area contributed by atoms with E-state index in [2.05, 4.69) is 21.2 Å². The molecule has 1 atom stereocenters. The van der Waals surface area contributed by atoms with Gasteiger partial charge < -0.3 is 10.2 Å². The molecule has 0 radical (unpaired) electrons. The molecule has 7 nitrogen and oxygen atoms in total. The average Bonchev–Trinajstić information content (AvgIpc) is 2.73. The van der Waals surface area contributed by atoms with E-state index in [1.54, 1.807) is 38.1 Å². The molecule has 0 spiro atoms. The van der Waals surface area contributed by atoms with Gasteiger partial charge >= 0.3 is 6.18 Å².